The molecule has 0 spiro atoms. The highest BCUT2D eigenvalue weighted by atomic mass is 16.6. The first kappa shape index (κ1) is 8.44. The zero-order chi connectivity index (χ0) is 8.72. The van der Waals surface area contributed by atoms with Crippen LogP contribution in [-0.4, -0.2) is 48.3 Å². The van der Waals surface area contributed by atoms with Crippen LogP contribution in [0.25, 0.3) is 0 Å². The van der Waals surface area contributed by atoms with Crippen LogP contribution in [0.4, 0.5) is 0 Å². The fourth-order valence-electron chi connectivity index (χ4n) is 2.25. The minimum absolute atomic E-state index is 0.0212. The number of ether oxygens (including phenoxy) is 2. The third-order valence-electron chi connectivity index (χ3n) is 2.88. The van der Waals surface area contributed by atoms with Crippen molar-refractivity contribution >= 4 is 0 Å². The molecule has 2 fully saturated rings. The third kappa shape index (κ3) is 0.992. The summed E-state index contributed by atoms with van der Waals surface area (Å²) in [6.45, 7) is 0.0919. The van der Waals surface area contributed by atoms with E-state index in [4.69, 9.17) is 14.6 Å². The molecule has 0 amide bonds. The molecule has 0 aromatic carbocycles. The van der Waals surface area contributed by atoms with Crippen LogP contribution in [0.5, 0.6) is 0 Å². The van der Waals surface area contributed by atoms with Crippen LogP contribution in [0.1, 0.15) is 6.42 Å². The predicted octanol–water partition coefficient (Wildman–Crippen LogP) is -0.858. The first-order valence-electron chi connectivity index (χ1n) is 4.25. The number of fused-ring (bicyclic) bond motifs is 2. The molecule has 70 valence electrons. The lowest BCUT2D eigenvalue weighted by Crippen LogP contribution is -2.43. The minimum atomic E-state index is -0.564. The maximum atomic E-state index is 9.62. The molecule has 2 rings (SSSR count). The highest BCUT2D eigenvalue weighted by Crippen LogP contribution is 2.40. The van der Waals surface area contributed by atoms with E-state index in [2.05, 4.69) is 0 Å². The summed E-state index contributed by atoms with van der Waals surface area (Å²) in [7, 11) is 1.58. The Hall–Kier alpha value is -0.160. The zero-order valence-electron chi connectivity index (χ0n) is 7.01. The van der Waals surface area contributed by atoms with Crippen LogP contribution >= 0.6 is 0 Å². The fraction of sp³-hybridized carbons (Fsp3) is 1.00. The number of hydrogen-bond acceptors (Lipinski definition) is 4. The van der Waals surface area contributed by atoms with E-state index in [9.17, 15) is 5.11 Å². The van der Waals surface area contributed by atoms with Crippen molar-refractivity contribution in [2.75, 3.05) is 13.7 Å². The molecule has 12 heavy (non-hydrogen) atoms. The number of rotatable bonds is 2. The van der Waals surface area contributed by atoms with Gasteiger partial charge in [0.15, 0.2) is 0 Å². The molecule has 2 bridgehead atoms. The lowest BCUT2D eigenvalue weighted by molar-refractivity contribution is -0.0348. The molecular weight excluding hydrogens is 160 g/mol. The van der Waals surface area contributed by atoms with Gasteiger partial charge < -0.3 is 19.7 Å². The molecule has 2 aliphatic heterocycles. The van der Waals surface area contributed by atoms with Gasteiger partial charge in [-0.25, -0.2) is 0 Å². The summed E-state index contributed by atoms with van der Waals surface area (Å²) < 4.78 is 10.6. The zero-order valence-corrected chi connectivity index (χ0v) is 7.01. The van der Waals surface area contributed by atoms with E-state index in [0.717, 1.165) is 6.42 Å². The van der Waals surface area contributed by atoms with Crippen molar-refractivity contribution in [2.24, 2.45) is 5.92 Å². The highest BCUT2D eigenvalue weighted by Gasteiger charge is 2.53. The second kappa shape index (κ2) is 2.96. The van der Waals surface area contributed by atoms with Gasteiger partial charge in [-0.3, -0.25) is 0 Å². The van der Waals surface area contributed by atoms with Crippen LogP contribution in [0.15, 0.2) is 0 Å². The molecule has 5 unspecified atom stereocenters. The van der Waals surface area contributed by atoms with Gasteiger partial charge in [0.05, 0.1) is 12.2 Å². The first-order chi connectivity index (χ1) is 5.77. The smallest absolute Gasteiger partial charge is 0.112 e. The summed E-state index contributed by atoms with van der Waals surface area (Å²) in [5, 5.41) is 18.6. The average molecular weight is 174 g/mol. The Labute approximate surface area is 71.1 Å². The molecule has 2 aliphatic rings. The van der Waals surface area contributed by atoms with E-state index in [1.165, 1.54) is 0 Å². The number of aliphatic hydroxyl groups is 2. The van der Waals surface area contributed by atoms with E-state index in [1.54, 1.807) is 7.11 Å². The van der Waals surface area contributed by atoms with Gasteiger partial charge in [0.25, 0.3) is 0 Å². The second-order valence-corrected chi connectivity index (χ2v) is 3.51. The van der Waals surface area contributed by atoms with Gasteiger partial charge in [0, 0.05) is 19.6 Å². The number of methoxy groups -OCH3 is 1. The van der Waals surface area contributed by atoms with Crippen molar-refractivity contribution in [1.82, 2.24) is 0 Å². The quantitative estimate of drug-likeness (QED) is 0.572. The van der Waals surface area contributed by atoms with Crippen LogP contribution in [0.2, 0.25) is 0 Å². The average Bonchev–Trinajstić information content (AvgIpc) is 2.60. The first-order valence-corrected chi connectivity index (χ1v) is 4.25. The maximum Gasteiger partial charge on any atom is 0.112 e. The summed E-state index contributed by atoms with van der Waals surface area (Å²) in [4.78, 5) is 0. The van der Waals surface area contributed by atoms with Crippen LogP contribution in [0, 0.1) is 5.92 Å². The Kier molecular flexibility index (Phi) is 2.08. The fourth-order valence-corrected chi connectivity index (χ4v) is 2.25. The third-order valence-corrected chi connectivity index (χ3v) is 2.88. The van der Waals surface area contributed by atoms with Gasteiger partial charge in [-0.2, -0.15) is 0 Å². The summed E-state index contributed by atoms with van der Waals surface area (Å²) in [6.07, 6.45) is -0.197. The molecule has 4 heteroatoms. The second-order valence-electron chi connectivity index (χ2n) is 3.51. The van der Waals surface area contributed by atoms with Crippen molar-refractivity contribution in [3.8, 4) is 0 Å². The van der Waals surface area contributed by atoms with Gasteiger partial charge in [-0.05, 0) is 6.42 Å². The molecule has 2 heterocycles. The summed E-state index contributed by atoms with van der Waals surface area (Å²) in [5.41, 5.74) is 0. The van der Waals surface area contributed by atoms with E-state index in [1.807, 2.05) is 0 Å². The molecule has 4 nitrogen and oxygen atoms in total. The van der Waals surface area contributed by atoms with Crippen molar-refractivity contribution in [2.45, 2.75) is 30.8 Å². The normalized spacial score (nSPS) is 51.8. The Morgan fingerprint density at radius 3 is 2.83 bits per heavy atom. The van der Waals surface area contributed by atoms with Crippen molar-refractivity contribution in [1.29, 1.82) is 0 Å². The van der Waals surface area contributed by atoms with Gasteiger partial charge in [0.2, 0.25) is 0 Å². The van der Waals surface area contributed by atoms with E-state index in [-0.39, 0.29) is 30.8 Å². The molecule has 0 aromatic heterocycles. The Morgan fingerprint density at radius 1 is 1.58 bits per heavy atom. The Bertz CT molecular complexity index is 168. The van der Waals surface area contributed by atoms with Crippen molar-refractivity contribution in [3.05, 3.63) is 0 Å². The van der Waals surface area contributed by atoms with Gasteiger partial charge in [0.1, 0.15) is 12.2 Å². The molecule has 2 saturated heterocycles. The van der Waals surface area contributed by atoms with Crippen molar-refractivity contribution in [3.63, 3.8) is 0 Å². The standard InChI is InChI=1S/C8H14O4/c1-11-8-5-2-4(3-9)7(12-5)6(8)10/h4-10H,2-3H2,1H3. The summed E-state index contributed by atoms with van der Waals surface area (Å²) in [5.74, 6) is 0.0939. The molecular formula is C8H14O4. The molecule has 0 saturated carbocycles. The van der Waals surface area contributed by atoms with E-state index in [0.29, 0.717) is 0 Å². The predicted molar refractivity (Wildman–Crippen MR) is 40.7 cm³/mol. The summed E-state index contributed by atoms with van der Waals surface area (Å²) in [6, 6.07) is 0. The molecule has 2 N–H and O–H groups in total. The Balaban J connectivity index is 2.07. The SMILES string of the molecule is COC1C2CC(CO)C(O2)C1O. The Morgan fingerprint density at radius 2 is 2.33 bits per heavy atom. The van der Waals surface area contributed by atoms with Gasteiger partial charge >= 0.3 is 0 Å². The molecule has 0 aromatic rings. The van der Waals surface area contributed by atoms with Crippen LogP contribution in [-0.2, 0) is 9.47 Å². The van der Waals surface area contributed by atoms with Crippen LogP contribution < -0.4 is 0 Å². The van der Waals surface area contributed by atoms with Crippen LogP contribution in [0.3, 0.4) is 0 Å². The highest BCUT2D eigenvalue weighted by molar-refractivity contribution is 5.01. The maximum absolute atomic E-state index is 9.62. The number of aliphatic hydroxyl groups excluding tert-OH is 2. The van der Waals surface area contributed by atoms with Crippen molar-refractivity contribution < 1.29 is 19.7 Å². The topological polar surface area (TPSA) is 58.9 Å². The van der Waals surface area contributed by atoms with Gasteiger partial charge in [-0.1, -0.05) is 0 Å². The van der Waals surface area contributed by atoms with E-state index < -0.39 is 6.10 Å². The molecule has 0 aliphatic carbocycles. The molecule has 0 radical (unpaired) electrons. The lowest BCUT2D eigenvalue weighted by Gasteiger charge is -2.26. The molecule has 5 atom stereocenters. The number of hydrogen-bond donors (Lipinski definition) is 2. The van der Waals surface area contributed by atoms with Gasteiger partial charge in [-0.15, -0.1) is 0 Å². The lowest BCUT2D eigenvalue weighted by atomic mass is 9.86. The minimum Gasteiger partial charge on any atom is -0.396 e. The summed E-state index contributed by atoms with van der Waals surface area (Å²) >= 11 is 0. The van der Waals surface area contributed by atoms with E-state index >= 15 is 0 Å². The monoisotopic (exact) mass is 174 g/mol. The largest absolute Gasteiger partial charge is 0.396 e.